The molecule has 9 nitrogen and oxygen atoms in total. The quantitative estimate of drug-likeness (QED) is 0.282. The monoisotopic (exact) mass is 550 g/mol. The number of alkyl carbamates (subject to hydrolysis) is 1. The number of halogens is 2. The Hall–Kier alpha value is -2.95. The molecule has 1 aromatic heterocycles. The number of hydrogen-bond donors (Lipinski definition) is 3. The number of carbonyl (C=O) groups excluding carboxylic acids is 1. The molecule has 3 N–H and O–H groups in total. The fourth-order valence-corrected chi connectivity index (χ4v) is 4.44. The average Bonchev–Trinajstić information content (AvgIpc) is 2.91. The second-order valence-electron chi connectivity index (χ2n) is 9.25. The zero-order valence-electron chi connectivity index (χ0n) is 21.7. The van der Waals surface area contributed by atoms with Crippen molar-refractivity contribution in [2.24, 2.45) is 0 Å². The first kappa shape index (κ1) is 29.6. The lowest BCUT2D eigenvalue weighted by atomic mass is 10.1. The molecule has 0 fully saturated rings. The Bertz CT molecular complexity index is 1070. The zero-order valence-corrected chi connectivity index (χ0v) is 22.4. The largest absolute Gasteiger partial charge is 0.480 e. The summed E-state index contributed by atoms with van der Waals surface area (Å²) in [6, 6.07) is 7.30. The Morgan fingerprint density at radius 1 is 1.24 bits per heavy atom. The van der Waals surface area contributed by atoms with Gasteiger partial charge in [0.1, 0.15) is 24.3 Å². The molecule has 1 aliphatic heterocycles. The van der Waals surface area contributed by atoms with E-state index in [1.165, 1.54) is 23.8 Å². The van der Waals surface area contributed by atoms with Gasteiger partial charge in [-0.25, -0.2) is 19.0 Å². The highest BCUT2D eigenvalue weighted by molar-refractivity contribution is 6.31. The van der Waals surface area contributed by atoms with Crippen LogP contribution in [0.25, 0.3) is 0 Å². The summed E-state index contributed by atoms with van der Waals surface area (Å²) >= 11 is 5.87. The van der Waals surface area contributed by atoms with Crippen LogP contribution in [0.1, 0.15) is 42.5 Å². The maximum absolute atomic E-state index is 13.6. The average molecular weight is 551 g/mol. The Morgan fingerprint density at radius 2 is 2.08 bits per heavy atom. The highest BCUT2D eigenvalue weighted by Crippen LogP contribution is 2.21. The third-order valence-electron chi connectivity index (χ3n) is 6.44. The molecular weight excluding hydrogens is 515 g/mol. The number of carbonyl (C=O) groups is 2. The lowest BCUT2D eigenvalue weighted by Gasteiger charge is -2.24. The number of aryl methyl sites for hydroxylation is 2. The summed E-state index contributed by atoms with van der Waals surface area (Å²) in [6.07, 6.45) is 4.21. The van der Waals surface area contributed by atoms with Crippen molar-refractivity contribution in [1.29, 1.82) is 0 Å². The summed E-state index contributed by atoms with van der Waals surface area (Å²) < 4.78 is 23.8. The van der Waals surface area contributed by atoms with Crippen molar-refractivity contribution in [3.8, 4) is 0 Å². The molecule has 0 saturated carbocycles. The Labute approximate surface area is 227 Å². The number of pyridine rings is 1. The third kappa shape index (κ3) is 9.41. The van der Waals surface area contributed by atoms with Gasteiger partial charge in [0.05, 0.1) is 11.6 Å². The number of hydrogen-bond acceptors (Lipinski definition) is 7. The van der Waals surface area contributed by atoms with E-state index in [9.17, 15) is 19.1 Å². The van der Waals surface area contributed by atoms with Gasteiger partial charge in [0.25, 0.3) is 0 Å². The summed E-state index contributed by atoms with van der Waals surface area (Å²) in [7, 11) is 1.62. The molecule has 0 saturated heterocycles. The molecule has 1 aliphatic rings. The topological polar surface area (TPSA) is 113 Å². The van der Waals surface area contributed by atoms with Crippen LogP contribution in [-0.4, -0.2) is 73.0 Å². The van der Waals surface area contributed by atoms with E-state index in [1.54, 1.807) is 7.11 Å². The molecule has 1 amide bonds. The van der Waals surface area contributed by atoms with Gasteiger partial charge in [0.15, 0.2) is 0 Å². The maximum atomic E-state index is 13.6. The number of nitrogens with zero attached hydrogens (tertiary/aromatic N) is 2. The number of aliphatic carboxylic acids is 1. The van der Waals surface area contributed by atoms with Crippen LogP contribution < -0.4 is 10.6 Å². The van der Waals surface area contributed by atoms with Crippen LogP contribution in [0, 0.1) is 5.82 Å². The molecule has 38 heavy (non-hydrogen) atoms. The second kappa shape index (κ2) is 15.5. The summed E-state index contributed by atoms with van der Waals surface area (Å²) in [4.78, 5) is 30.8. The Kier molecular flexibility index (Phi) is 12.0. The molecule has 0 aliphatic carbocycles. The first-order chi connectivity index (χ1) is 18.4. The number of fused-ring (bicyclic) bond motifs is 1. The smallest absolute Gasteiger partial charge is 0.408 e. The van der Waals surface area contributed by atoms with E-state index in [2.05, 4.69) is 27.7 Å². The van der Waals surface area contributed by atoms with E-state index in [0.29, 0.717) is 25.3 Å². The van der Waals surface area contributed by atoms with E-state index in [1.807, 2.05) is 0 Å². The predicted octanol–water partition coefficient (Wildman–Crippen LogP) is 4.27. The lowest BCUT2D eigenvalue weighted by Crippen LogP contribution is -2.43. The predicted molar refractivity (Wildman–Crippen MR) is 143 cm³/mol. The summed E-state index contributed by atoms with van der Waals surface area (Å²) in [5.41, 5.74) is 2.63. The van der Waals surface area contributed by atoms with Crippen LogP contribution in [0.2, 0.25) is 5.02 Å². The van der Waals surface area contributed by atoms with Crippen molar-refractivity contribution in [2.45, 2.75) is 51.2 Å². The van der Waals surface area contributed by atoms with E-state index < -0.39 is 23.9 Å². The molecule has 0 radical (unpaired) electrons. The van der Waals surface area contributed by atoms with E-state index >= 15 is 0 Å². The number of unbranched alkanes of at least 4 members (excludes halogenated alkanes) is 1. The minimum atomic E-state index is -1.16. The van der Waals surface area contributed by atoms with Gasteiger partial charge < -0.3 is 30.1 Å². The first-order valence-corrected chi connectivity index (χ1v) is 13.3. The minimum absolute atomic E-state index is 0.136. The highest BCUT2D eigenvalue weighted by atomic mass is 35.5. The van der Waals surface area contributed by atoms with Crippen molar-refractivity contribution >= 4 is 29.5 Å². The Morgan fingerprint density at radius 3 is 2.87 bits per heavy atom. The third-order valence-corrected chi connectivity index (χ3v) is 6.86. The number of anilines is 1. The van der Waals surface area contributed by atoms with Gasteiger partial charge in [-0.3, -0.25) is 0 Å². The van der Waals surface area contributed by atoms with Gasteiger partial charge in [0.2, 0.25) is 0 Å². The van der Waals surface area contributed by atoms with Gasteiger partial charge in [0, 0.05) is 38.0 Å². The van der Waals surface area contributed by atoms with E-state index in [-0.39, 0.29) is 18.1 Å². The van der Waals surface area contributed by atoms with E-state index in [4.69, 9.17) is 26.1 Å². The molecule has 3 rings (SSSR count). The van der Waals surface area contributed by atoms with Gasteiger partial charge in [-0.2, -0.15) is 0 Å². The number of methoxy groups -OCH3 is 1. The van der Waals surface area contributed by atoms with Crippen molar-refractivity contribution in [2.75, 3.05) is 45.2 Å². The fourth-order valence-electron chi connectivity index (χ4n) is 4.26. The minimum Gasteiger partial charge on any atom is -0.480 e. The lowest BCUT2D eigenvalue weighted by molar-refractivity contribution is -0.139. The molecule has 2 aromatic rings. The number of aromatic nitrogens is 1. The first-order valence-electron chi connectivity index (χ1n) is 12.9. The highest BCUT2D eigenvalue weighted by Gasteiger charge is 2.22. The van der Waals surface area contributed by atoms with Crippen LogP contribution in [0.15, 0.2) is 30.3 Å². The molecule has 2 heterocycles. The maximum Gasteiger partial charge on any atom is 0.408 e. The number of amides is 1. The van der Waals surface area contributed by atoms with Crippen molar-refractivity contribution in [3.05, 3.63) is 58.0 Å². The van der Waals surface area contributed by atoms with Crippen LogP contribution in [0.3, 0.4) is 0 Å². The van der Waals surface area contributed by atoms with E-state index in [0.717, 1.165) is 56.7 Å². The molecule has 11 heteroatoms. The molecule has 0 spiro atoms. The number of rotatable bonds is 15. The fraction of sp³-hybridized carbons (Fsp3) is 0.519. The number of ether oxygens (including phenoxy) is 2. The molecule has 1 unspecified atom stereocenters. The normalized spacial score (nSPS) is 13.5. The molecular formula is C27H36ClFN4O5. The molecule has 1 aromatic carbocycles. The van der Waals surface area contributed by atoms with Gasteiger partial charge >= 0.3 is 12.1 Å². The zero-order chi connectivity index (χ0) is 27.3. The van der Waals surface area contributed by atoms with Crippen molar-refractivity contribution in [3.63, 3.8) is 0 Å². The second-order valence-corrected chi connectivity index (χ2v) is 9.62. The van der Waals surface area contributed by atoms with Crippen molar-refractivity contribution in [1.82, 2.24) is 15.2 Å². The van der Waals surface area contributed by atoms with Crippen molar-refractivity contribution < 1.29 is 28.6 Å². The van der Waals surface area contributed by atoms with Crippen LogP contribution >= 0.6 is 11.6 Å². The summed E-state index contributed by atoms with van der Waals surface area (Å²) in [6.45, 7) is 3.07. The summed E-state index contributed by atoms with van der Waals surface area (Å²) in [5, 5.41) is 15.2. The van der Waals surface area contributed by atoms with Gasteiger partial charge in [-0.05, 0) is 62.8 Å². The number of nitrogens with one attached hydrogen (secondary N) is 2. The van der Waals surface area contributed by atoms with Crippen LogP contribution in [0.5, 0.6) is 0 Å². The number of carboxylic acids is 1. The number of carboxylic acid groups (broad SMARTS) is 1. The van der Waals surface area contributed by atoms with Gasteiger partial charge in [-0.1, -0.05) is 29.8 Å². The van der Waals surface area contributed by atoms with Crippen LogP contribution in [-0.2, 0) is 33.7 Å². The molecule has 208 valence electrons. The molecule has 0 bridgehead atoms. The van der Waals surface area contributed by atoms with Crippen LogP contribution in [0.4, 0.5) is 15.0 Å². The SMILES string of the molecule is COCCN(CCCCc1ccc2c(n1)NCCC2)CCC(NC(=O)OCc1cccc(F)c1Cl)C(=O)O. The van der Waals surface area contributed by atoms with Gasteiger partial charge in [-0.15, -0.1) is 0 Å². The standard InChI is InChI=1S/C27H36ClFN4O5/c1-37-17-16-33(14-3-2-8-21-11-10-19-7-5-13-30-25(19)31-21)15-12-23(26(34)35)32-27(36)38-18-20-6-4-9-22(29)24(20)28/h4,6,9-11,23H,2-3,5,7-8,12-18H2,1H3,(H,30,31)(H,32,36)(H,34,35). The molecule has 1 atom stereocenters. The number of benzene rings is 1. The summed E-state index contributed by atoms with van der Waals surface area (Å²) in [5.74, 6) is -0.784. The Balaban J connectivity index is 1.44.